The lowest BCUT2D eigenvalue weighted by molar-refractivity contribution is 0.416. The summed E-state index contributed by atoms with van der Waals surface area (Å²) in [5.41, 5.74) is 0. The van der Waals surface area contributed by atoms with E-state index in [1.165, 1.54) is 37.3 Å². The van der Waals surface area contributed by atoms with Gasteiger partial charge in [0, 0.05) is 11.8 Å². The molecule has 1 aliphatic heterocycles. The predicted molar refractivity (Wildman–Crippen MR) is 82.3 cm³/mol. The molecule has 0 aromatic heterocycles. The molecule has 3 unspecified atom stereocenters. The van der Waals surface area contributed by atoms with Gasteiger partial charge in [-0.1, -0.05) is 58.2 Å². The number of nitrogens with zero attached hydrogens (tertiary/aromatic N) is 1. The van der Waals surface area contributed by atoms with Crippen LogP contribution in [-0.2, 0) is 0 Å². The highest BCUT2D eigenvalue weighted by Gasteiger charge is 2.27. The number of hydrogen-bond acceptors (Lipinski definition) is 3. The molecule has 104 valence electrons. The van der Waals surface area contributed by atoms with E-state index in [4.69, 9.17) is 0 Å². The standard InChI is InChI=1S/C15H28N2S/c1-4-12(5-2)14-10-17-15(18-14)16-9-13-8-6-7-11(13)3/h11-14H,4-10H2,1-3H3,(H,16,17). The summed E-state index contributed by atoms with van der Waals surface area (Å²) in [5, 5.41) is 5.54. The SMILES string of the molecule is CCC(CC)C1CN=C(NCC2CCCC2C)S1. The van der Waals surface area contributed by atoms with Crippen LogP contribution in [0, 0.1) is 17.8 Å². The number of rotatable bonds is 5. The largest absolute Gasteiger partial charge is 0.365 e. The van der Waals surface area contributed by atoms with Crippen molar-refractivity contribution in [1.82, 2.24) is 5.32 Å². The molecular formula is C15H28N2S. The molecule has 1 saturated carbocycles. The first-order chi connectivity index (χ1) is 8.74. The fourth-order valence-corrected chi connectivity index (χ4v) is 4.62. The van der Waals surface area contributed by atoms with E-state index in [1.807, 2.05) is 11.8 Å². The second kappa shape index (κ2) is 6.83. The molecule has 0 bridgehead atoms. The Kier molecular flexibility index (Phi) is 5.40. The van der Waals surface area contributed by atoms with Crippen LogP contribution in [-0.4, -0.2) is 23.5 Å². The van der Waals surface area contributed by atoms with E-state index in [0.29, 0.717) is 0 Å². The molecule has 2 rings (SSSR count). The Balaban J connectivity index is 1.72. The van der Waals surface area contributed by atoms with Crippen LogP contribution < -0.4 is 5.32 Å². The smallest absolute Gasteiger partial charge is 0.156 e. The van der Waals surface area contributed by atoms with E-state index in [1.54, 1.807) is 0 Å². The first-order valence-corrected chi connectivity index (χ1v) is 8.57. The normalized spacial score (nSPS) is 32.0. The number of thioether (sulfide) groups is 1. The first kappa shape index (κ1) is 14.2. The summed E-state index contributed by atoms with van der Waals surface area (Å²) in [4.78, 5) is 4.69. The van der Waals surface area contributed by atoms with Crippen molar-refractivity contribution in [3.8, 4) is 0 Å². The van der Waals surface area contributed by atoms with Crippen molar-refractivity contribution in [2.75, 3.05) is 13.1 Å². The maximum atomic E-state index is 4.69. The van der Waals surface area contributed by atoms with Gasteiger partial charge in [-0.25, -0.2) is 0 Å². The highest BCUT2D eigenvalue weighted by Crippen LogP contribution is 2.32. The minimum absolute atomic E-state index is 0.725. The van der Waals surface area contributed by atoms with Crippen LogP contribution in [0.5, 0.6) is 0 Å². The second-order valence-corrected chi connectivity index (χ2v) is 7.16. The van der Waals surface area contributed by atoms with Gasteiger partial charge in [-0.15, -0.1) is 0 Å². The van der Waals surface area contributed by atoms with Gasteiger partial charge in [-0.05, 0) is 24.2 Å². The van der Waals surface area contributed by atoms with E-state index in [2.05, 4.69) is 31.1 Å². The Morgan fingerprint density at radius 2 is 2.11 bits per heavy atom. The van der Waals surface area contributed by atoms with Gasteiger partial charge in [0.25, 0.3) is 0 Å². The van der Waals surface area contributed by atoms with E-state index in [-0.39, 0.29) is 0 Å². The average Bonchev–Trinajstić information content (AvgIpc) is 2.98. The summed E-state index contributed by atoms with van der Waals surface area (Å²) >= 11 is 1.99. The lowest BCUT2D eigenvalue weighted by Crippen LogP contribution is -2.28. The Morgan fingerprint density at radius 1 is 1.33 bits per heavy atom. The minimum atomic E-state index is 0.725. The van der Waals surface area contributed by atoms with Crippen LogP contribution in [0.2, 0.25) is 0 Å². The molecule has 0 spiro atoms. The summed E-state index contributed by atoms with van der Waals surface area (Å²) in [6, 6.07) is 0. The minimum Gasteiger partial charge on any atom is -0.365 e. The maximum Gasteiger partial charge on any atom is 0.156 e. The molecule has 18 heavy (non-hydrogen) atoms. The van der Waals surface area contributed by atoms with Crippen molar-refractivity contribution in [3.63, 3.8) is 0 Å². The highest BCUT2D eigenvalue weighted by atomic mass is 32.2. The molecule has 0 saturated heterocycles. The zero-order valence-corrected chi connectivity index (χ0v) is 12.9. The Bertz CT molecular complexity index is 286. The van der Waals surface area contributed by atoms with Crippen LogP contribution in [0.1, 0.15) is 52.9 Å². The van der Waals surface area contributed by atoms with Gasteiger partial charge >= 0.3 is 0 Å². The topological polar surface area (TPSA) is 24.4 Å². The molecule has 3 atom stereocenters. The Hall–Kier alpha value is -0.180. The van der Waals surface area contributed by atoms with E-state index in [0.717, 1.165) is 36.1 Å². The maximum absolute atomic E-state index is 4.69. The molecule has 0 radical (unpaired) electrons. The van der Waals surface area contributed by atoms with Crippen LogP contribution in [0.15, 0.2) is 4.99 Å². The zero-order valence-electron chi connectivity index (χ0n) is 12.1. The molecule has 1 N–H and O–H groups in total. The van der Waals surface area contributed by atoms with Crippen LogP contribution >= 0.6 is 11.8 Å². The quantitative estimate of drug-likeness (QED) is 0.817. The molecule has 0 aromatic rings. The molecule has 0 aromatic carbocycles. The summed E-state index contributed by atoms with van der Waals surface area (Å²) in [6.45, 7) is 9.18. The third-order valence-corrected chi connectivity index (χ3v) is 6.14. The number of aliphatic imine (C=N–C) groups is 1. The molecular weight excluding hydrogens is 240 g/mol. The van der Waals surface area contributed by atoms with Crippen molar-refractivity contribution in [2.45, 2.75) is 58.1 Å². The van der Waals surface area contributed by atoms with Gasteiger partial charge < -0.3 is 5.32 Å². The number of nitrogens with one attached hydrogen (secondary N) is 1. The fraction of sp³-hybridized carbons (Fsp3) is 0.933. The molecule has 1 fully saturated rings. The third kappa shape index (κ3) is 3.43. The fourth-order valence-electron chi connectivity index (χ4n) is 3.29. The van der Waals surface area contributed by atoms with E-state index in [9.17, 15) is 0 Å². The van der Waals surface area contributed by atoms with Gasteiger partial charge in [0.15, 0.2) is 5.17 Å². The summed E-state index contributed by atoms with van der Waals surface area (Å²) in [6.07, 6.45) is 6.82. The Morgan fingerprint density at radius 3 is 2.72 bits per heavy atom. The van der Waals surface area contributed by atoms with Crippen molar-refractivity contribution in [1.29, 1.82) is 0 Å². The molecule has 1 heterocycles. The molecule has 2 aliphatic rings. The lowest BCUT2D eigenvalue weighted by atomic mass is 9.98. The molecule has 0 amide bonds. The van der Waals surface area contributed by atoms with Gasteiger partial charge in [0.05, 0.1) is 6.54 Å². The summed E-state index contributed by atoms with van der Waals surface area (Å²) in [5.74, 6) is 2.61. The monoisotopic (exact) mass is 268 g/mol. The third-order valence-electron chi connectivity index (χ3n) is 4.81. The van der Waals surface area contributed by atoms with Crippen molar-refractivity contribution < 1.29 is 0 Å². The molecule has 3 heteroatoms. The highest BCUT2D eigenvalue weighted by molar-refractivity contribution is 8.14. The zero-order chi connectivity index (χ0) is 13.0. The van der Waals surface area contributed by atoms with Crippen molar-refractivity contribution in [2.24, 2.45) is 22.7 Å². The first-order valence-electron chi connectivity index (χ1n) is 7.69. The van der Waals surface area contributed by atoms with Crippen molar-refractivity contribution in [3.05, 3.63) is 0 Å². The van der Waals surface area contributed by atoms with Gasteiger partial charge in [0.2, 0.25) is 0 Å². The Labute approximate surface area is 116 Å². The van der Waals surface area contributed by atoms with Crippen LogP contribution in [0.25, 0.3) is 0 Å². The molecule has 2 nitrogen and oxygen atoms in total. The van der Waals surface area contributed by atoms with Gasteiger partial charge in [-0.2, -0.15) is 0 Å². The summed E-state index contributed by atoms with van der Waals surface area (Å²) in [7, 11) is 0. The van der Waals surface area contributed by atoms with Crippen LogP contribution in [0.4, 0.5) is 0 Å². The predicted octanol–water partition coefficient (Wildman–Crippen LogP) is 3.92. The van der Waals surface area contributed by atoms with E-state index < -0.39 is 0 Å². The average molecular weight is 268 g/mol. The number of amidine groups is 1. The van der Waals surface area contributed by atoms with E-state index >= 15 is 0 Å². The van der Waals surface area contributed by atoms with Gasteiger partial charge in [0.1, 0.15) is 0 Å². The lowest BCUT2D eigenvalue weighted by Gasteiger charge is -2.20. The van der Waals surface area contributed by atoms with Gasteiger partial charge in [-0.3, -0.25) is 4.99 Å². The van der Waals surface area contributed by atoms with Crippen LogP contribution in [0.3, 0.4) is 0 Å². The summed E-state index contributed by atoms with van der Waals surface area (Å²) < 4.78 is 0. The molecule has 1 aliphatic carbocycles. The van der Waals surface area contributed by atoms with Crippen molar-refractivity contribution >= 4 is 16.9 Å². The second-order valence-electron chi connectivity index (χ2n) is 5.93. The number of hydrogen-bond donors (Lipinski definition) is 1.